The molecule has 0 saturated carbocycles. The van der Waals surface area contributed by atoms with E-state index in [9.17, 15) is 9.59 Å². The van der Waals surface area contributed by atoms with Gasteiger partial charge in [0, 0.05) is 19.7 Å². The van der Waals surface area contributed by atoms with E-state index in [4.69, 9.17) is 4.74 Å². The molecular weight excluding hydrogens is 362 g/mol. The van der Waals surface area contributed by atoms with Gasteiger partial charge in [-0.05, 0) is 48.8 Å². The largest absolute Gasteiger partial charge is 0.376 e. The van der Waals surface area contributed by atoms with E-state index in [2.05, 4.69) is 28.1 Å². The van der Waals surface area contributed by atoms with Crippen molar-refractivity contribution in [2.45, 2.75) is 50.4 Å². The molecule has 3 N–H and O–H groups in total. The van der Waals surface area contributed by atoms with Crippen molar-refractivity contribution in [2.75, 3.05) is 25.2 Å². The number of amides is 2. The summed E-state index contributed by atoms with van der Waals surface area (Å²) in [6, 6.07) is 7.34. The van der Waals surface area contributed by atoms with Crippen LogP contribution in [0.25, 0.3) is 0 Å². The summed E-state index contributed by atoms with van der Waals surface area (Å²) in [6.07, 6.45) is 5.39. The van der Waals surface area contributed by atoms with Crippen molar-refractivity contribution in [1.82, 2.24) is 16.0 Å². The van der Waals surface area contributed by atoms with Gasteiger partial charge in [-0.15, -0.1) is 0 Å². The Kier molecular flexibility index (Phi) is 7.55. The van der Waals surface area contributed by atoms with Gasteiger partial charge in [0.05, 0.1) is 12.1 Å². The van der Waals surface area contributed by atoms with E-state index in [0.717, 1.165) is 25.2 Å². The molecule has 2 aliphatic heterocycles. The number of nitrogens with one attached hydrogen (secondary N) is 3. The summed E-state index contributed by atoms with van der Waals surface area (Å²) in [6.45, 7) is 1.95. The molecule has 6 nitrogen and oxygen atoms in total. The quantitative estimate of drug-likeness (QED) is 0.621. The van der Waals surface area contributed by atoms with Crippen LogP contribution in [0.15, 0.2) is 24.3 Å². The number of fused-ring (bicyclic) bond motifs is 1. The van der Waals surface area contributed by atoms with E-state index in [1.165, 1.54) is 11.1 Å². The molecule has 7 heteroatoms. The standard InChI is InChI=1S/C20H29N3O3S/c1-27-10-8-17(19(24)22-13-16-7-4-9-26-16)23-20(25)18-11-14-5-2-3-6-15(14)12-21-18/h2-3,5-6,16-18,21H,4,7-13H2,1H3,(H,22,24)(H,23,25)/t16-,17-,18-/m0/s1. The Labute approximate surface area is 165 Å². The van der Waals surface area contributed by atoms with Crippen LogP contribution in [0.5, 0.6) is 0 Å². The van der Waals surface area contributed by atoms with Gasteiger partial charge in [0.15, 0.2) is 0 Å². The third-order valence-corrected chi connectivity index (χ3v) is 5.81. The average Bonchev–Trinajstić information content (AvgIpc) is 3.22. The number of hydrogen-bond acceptors (Lipinski definition) is 5. The van der Waals surface area contributed by atoms with Crippen molar-refractivity contribution < 1.29 is 14.3 Å². The molecule has 0 spiro atoms. The molecule has 27 heavy (non-hydrogen) atoms. The van der Waals surface area contributed by atoms with Crippen molar-refractivity contribution in [2.24, 2.45) is 0 Å². The summed E-state index contributed by atoms with van der Waals surface area (Å²) in [7, 11) is 0. The Morgan fingerprint density at radius 1 is 1.33 bits per heavy atom. The number of benzene rings is 1. The van der Waals surface area contributed by atoms with Crippen molar-refractivity contribution in [3.05, 3.63) is 35.4 Å². The van der Waals surface area contributed by atoms with Crippen LogP contribution in [0.4, 0.5) is 0 Å². The Bertz CT molecular complexity index is 649. The molecule has 3 atom stereocenters. The zero-order chi connectivity index (χ0) is 19.1. The molecule has 0 aliphatic carbocycles. The Morgan fingerprint density at radius 3 is 2.89 bits per heavy atom. The fourth-order valence-corrected chi connectivity index (χ4v) is 4.03. The van der Waals surface area contributed by atoms with Crippen LogP contribution in [-0.2, 0) is 27.3 Å². The van der Waals surface area contributed by atoms with Crippen LogP contribution in [-0.4, -0.2) is 55.2 Å². The molecule has 0 unspecified atom stereocenters. The number of hydrogen-bond donors (Lipinski definition) is 3. The van der Waals surface area contributed by atoms with Gasteiger partial charge in [-0.3, -0.25) is 9.59 Å². The Morgan fingerprint density at radius 2 is 2.15 bits per heavy atom. The van der Waals surface area contributed by atoms with E-state index in [0.29, 0.717) is 25.9 Å². The van der Waals surface area contributed by atoms with Crippen LogP contribution >= 0.6 is 11.8 Å². The van der Waals surface area contributed by atoms with Gasteiger partial charge >= 0.3 is 0 Å². The summed E-state index contributed by atoms with van der Waals surface area (Å²) < 4.78 is 5.56. The molecule has 2 amide bonds. The molecule has 2 heterocycles. The van der Waals surface area contributed by atoms with Gasteiger partial charge in [-0.2, -0.15) is 11.8 Å². The van der Waals surface area contributed by atoms with Gasteiger partial charge in [-0.25, -0.2) is 0 Å². The average molecular weight is 392 g/mol. The van der Waals surface area contributed by atoms with Gasteiger partial charge < -0.3 is 20.7 Å². The van der Waals surface area contributed by atoms with Gasteiger partial charge in [-0.1, -0.05) is 24.3 Å². The van der Waals surface area contributed by atoms with E-state index < -0.39 is 6.04 Å². The first kappa shape index (κ1) is 20.2. The predicted molar refractivity (Wildman–Crippen MR) is 108 cm³/mol. The number of thioether (sulfide) groups is 1. The lowest BCUT2D eigenvalue weighted by Gasteiger charge is -2.27. The molecule has 148 valence electrons. The second-order valence-corrected chi connectivity index (χ2v) is 8.11. The minimum absolute atomic E-state index is 0.0994. The van der Waals surface area contributed by atoms with E-state index in [1.54, 1.807) is 11.8 Å². The van der Waals surface area contributed by atoms with Crippen molar-refractivity contribution in [3.8, 4) is 0 Å². The van der Waals surface area contributed by atoms with Gasteiger partial charge in [0.1, 0.15) is 6.04 Å². The SMILES string of the molecule is CSCC[C@H](NC(=O)[C@@H]1Cc2ccccc2CN1)C(=O)NC[C@@H]1CCCO1. The maximum absolute atomic E-state index is 12.8. The van der Waals surface area contributed by atoms with Crippen LogP contribution in [0.2, 0.25) is 0 Å². The lowest BCUT2D eigenvalue weighted by molar-refractivity contribution is -0.130. The van der Waals surface area contributed by atoms with E-state index >= 15 is 0 Å². The monoisotopic (exact) mass is 391 g/mol. The highest BCUT2D eigenvalue weighted by molar-refractivity contribution is 7.98. The molecule has 0 radical (unpaired) electrons. The smallest absolute Gasteiger partial charge is 0.242 e. The van der Waals surface area contributed by atoms with Gasteiger partial charge in [0.2, 0.25) is 11.8 Å². The zero-order valence-electron chi connectivity index (χ0n) is 15.8. The van der Waals surface area contributed by atoms with Crippen LogP contribution in [0.3, 0.4) is 0 Å². The first-order valence-corrected chi connectivity index (χ1v) is 11.1. The summed E-state index contributed by atoms with van der Waals surface area (Å²) in [5.74, 6) is 0.589. The predicted octanol–water partition coefficient (Wildman–Crippen LogP) is 1.23. The molecule has 1 saturated heterocycles. The fraction of sp³-hybridized carbons (Fsp3) is 0.600. The minimum atomic E-state index is -0.509. The molecule has 2 aliphatic rings. The fourth-order valence-electron chi connectivity index (χ4n) is 3.56. The highest BCUT2D eigenvalue weighted by Gasteiger charge is 2.28. The maximum atomic E-state index is 12.8. The third kappa shape index (κ3) is 5.70. The number of carbonyl (C=O) groups excluding carboxylic acids is 2. The molecule has 1 aromatic rings. The van der Waals surface area contributed by atoms with Crippen LogP contribution < -0.4 is 16.0 Å². The van der Waals surface area contributed by atoms with E-state index in [1.807, 2.05) is 18.4 Å². The van der Waals surface area contributed by atoms with Gasteiger partial charge in [0.25, 0.3) is 0 Å². The van der Waals surface area contributed by atoms with Crippen molar-refractivity contribution in [1.29, 1.82) is 0 Å². The lowest BCUT2D eigenvalue weighted by Crippen LogP contribution is -2.55. The molecule has 1 aromatic carbocycles. The molecule has 0 bridgehead atoms. The van der Waals surface area contributed by atoms with Crippen LogP contribution in [0.1, 0.15) is 30.4 Å². The second-order valence-electron chi connectivity index (χ2n) is 7.13. The minimum Gasteiger partial charge on any atom is -0.376 e. The number of ether oxygens (including phenoxy) is 1. The molecular formula is C20H29N3O3S. The molecule has 0 aromatic heterocycles. The van der Waals surface area contributed by atoms with Crippen LogP contribution in [0, 0.1) is 0 Å². The first-order chi connectivity index (χ1) is 13.2. The summed E-state index contributed by atoms with van der Waals surface area (Å²) >= 11 is 1.67. The second kappa shape index (κ2) is 10.1. The highest BCUT2D eigenvalue weighted by Crippen LogP contribution is 2.16. The zero-order valence-corrected chi connectivity index (χ0v) is 16.6. The number of carbonyl (C=O) groups is 2. The van der Waals surface area contributed by atoms with E-state index in [-0.39, 0.29) is 24.0 Å². The Hall–Kier alpha value is -1.57. The summed E-state index contributed by atoms with van der Waals surface area (Å²) in [4.78, 5) is 25.4. The maximum Gasteiger partial charge on any atom is 0.242 e. The first-order valence-electron chi connectivity index (χ1n) is 9.66. The molecule has 1 fully saturated rings. The third-order valence-electron chi connectivity index (χ3n) is 5.17. The van der Waals surface area contributed by atoms with Crippen molar-refractivity contribution in [3.63, 3.8) is 0 Å². The highest BCUT2D eigenvalue weighted by atomic mass is 32.2. The summed E-state index contributed by atoms with van der Waals surface area (Å²) in [5, 5.41) is 9.19. The molecule has 3 rings (SSSR count). The number of rotatable bonds is 8. The Balaban J connectivity index is 1.54. The lowest BCUT2D eigenvalue weighted by atomic mass is 9.95. The van der Waals surface area contributed by atoms with Crippen molar-refractivity contribution >= 4 is 23.6 Å². The summed E-state index contributed by atoms with van der Waals surface area (Å²) in [5.41, 5.74) is 2.43. The topological polar surface area (TPSA) is 79.5 Å². The normalized spacial score (nSPS) is 22.7.